The summed E-state index contributed by atoms with van der Waals surface area (Å²) in [5.41, 5.74) is 6.82. The van der Waals surface area contributed by atoms with Gasteiger partial charge in [-0.15, -0.1) is 0 Å². The zero-order chi connectivity index (χ0) is 13.0. The molecule has 1 aromatic carbocycles. The van der Waals surface area contributed by atoms with Crippen molar-refractivity contribution in [1.82, 2.24) is 0 Å². The number of benzene rings is 1. The summed E-state index contributed by atoms with van der Waals surface area (Å²) in [6, 6.07) is 3.98. The van der Waals surface area contributed by atoms with Crippen molar-refractivity contribution in [3.8, 4) is 0 Å². The number of methoxy groups -OCH3 is 1. The first-order valence-electron chi connectivity index (χ1n) is 5.03. The zero-order valence-electron chi connectivity index (χ0n) is 9.67. The summed E-state index contributed by atoms with van der Waals surface area (Å²) >= 11 is 0. The van der Waals surface area contributed by atoms with E-state index in [2.05, 4.69) is 4.74 Å². The molecule has 92 valence electrons. The van der Waals surface area contributed by atoms with Crippen molar-refractivity contribution in [3.05, 3.63) is 39.4 Å². The Morgan fingerprint density at radius 3 is 2.76 bits per heavy atom. The van der Waals surface area contributed by atoms with E-state index in [1.807, 2.05) is 0 Å². The average Bonchev–Trinajstić information content (AvgIpc) is 2.30. The van der Waals surface area contributed by atoms with Crippen molar-refractivity contribution in [2.24, 2.45) is 5.73 Å². The largest absolute Gasteiger partial charge is 0.468 e. The Morgan fingerprint density at radius 1 is 1.59 bits per heavy atom. The molecule has 0 aliphatic heterocycles. The highest BCUT2D eigenvalue weighted by Gasteiger charge is 2.17. The second-order valence-electron chi connectivity index (χ2n) is 3.71. The normalized spacial score (nSPS) is 11.9. The molecule has 0 aliphatic carbocycles. The predicted molar refractivity (Wildman–Crippen MR) is 61.5 cm³/mol. The summed E-state index contributed by atoms with van der Waals surface area (Å²) in [5.74, 6) is -0.534. The Bertz CT molecular complexity index is 445. The number of carbonyl (C=O) groups excluding carboxylic acids is 1. The van der Waals surface area contributed by atoms with E-state index in [-0.39, 0.29) is 12.1 Å². The van der Waals surface area contributed by atoms with Crippen LogP contribution in [-0.4, -0.2) is 24.0 Å². The Labute approximate surface area is 98.5 Å². The summed E-state index contributed by atoms with van der Waals surface area (Å²) in [7, 11) is 1.25. The Hall–Kier alpha value is -1.95. The minimum Gasteiger partial charge on any atom is -0.468 e. The molecule has 2 N–H and O–H groups in total. The lowest BCUT2D eigenvalue weighted by Gasteiger charge is -2.09. The number of esters is 1. The molecule has 0 aromatic heterocycles. The average molecular weight is 238 g/mol. The molecule has 0 aliphatic rings. The molecular weight excluding hydrogens is 224 g/mol. The number of hydrogen-bond donors (Lipinski definition) is 1. The van der Waals surface area contributed by atoms with E-state index in [4.69, 9.17) is 5.73 Å². The minimum atomic E-state index is -0.803. The van der Waals surface area contributed by atoms with E-state index in [1.165, 1.54) is 13.2 Å². The lowest BCUT2D eigenvalue weighted by molar-refractivity contribution is -0.385. The smallest absolute Gasteiger partial charge is 0.322 e. The minimum absolute atomic E-state index is 0.0274. The molecule has 0 saturated carbocycles. The lowest BCUT2D eigenvalue weighted by Crippen LogP contribution is -2.33. The number of carbonyl (C=O) groups is 1. The standard InChI is InChI=1S/C11H14N2O4/c1-7-3-4-8(6-10(7)13(15)16)5-9(12)11(14)17-2/h3-4,6,9H,5,12H2,1-2H3/t9-/m0/s1. The highest BCUT2D eigenvalue weighted by Crippen LogP contribution is 2.19. The number of nitro benzene ring substituents is 1. The van der Waals surface area contributed by atoms with Crippen LogP contribution in [0.3, 0.4) is 0 Å². The topological polar surface area (TPSA) is 95.5 Å². The molecule has 0 fully saturated rings. The van der Waals surface area contributed by atoms with Crippen LogP contribution in [0.1, 0.15) is 11.1 Å². The molecule has 0 heterocycles. The molecule has 1 atom stereocenters. The van der Waals surface area contributed by atoms with Gasteiger partial charge in [0.1, 0.15) is 6.04 Å². The molecule has 0 saturated heterocycles. The molecule has 0 bridgehead atoms. The molecule has 0 spiro atoms. The van der Waals surface area contributed by atoms with Crippen LogP contribution in [0.4, 0.5) is 5.69 Å². The molecule has 1 rings (SSSR count). The fraction of sp³-hybridized carbons (Fsp3) is 0.364. The Kier molecular flexibility index (Phi) is 4.17. The molecule has 17 heavy (non-hydrogen) atoms. The van der Waals surface area contributed by atoms with Gasteiger partial charge in [-0.2, -0.15) is 0 Å². The maximum atomic E-state index is 11.1. The van der Waals surface area contributed by atoms with E-state index < -0.39 is 16.9 Å². The van der Waals surface area contributed by atoms with Gasteiger partial charge in [0.05, 0.1) is 12.0 Å². The molecule has 6 nitrogen and oxygen atoms in total. The number of aryl methyl sites for hydroxylation is 1. The fourth-order valence-corrected chi connectivity index (χ4v) is 1.47. The second kappa shape index (κ2) is 5.40. The number of nitrogens with two attached hydrogens (primary N) is 1. The molecule has 6 heteroatoms. The molecular formula is C11H14N2O4. The van der Waals surface area contributed by atoms with E-state index in [0.29, 0.717) is 11.1 Å². The van der Waals surface area contributed by atoms with E-state index in [9.17, 15) is 14.9 Å². The van der Waals surface area contributed by atoms with Gasteiger partial charge in [-0.05, 0) is 18.9 Å². The van der Waals surface area contributed by atoms with Crippen molar-refractivity contribution < 1.29 is 14.5 Å². The van der Waals surface area contributed by atoms with Crippen molar-refractivity contribution in [2.45, 2.75) is 19.4 Å². The molecule has 0 radical (unpaired) electrons. The summed E-state index contributed by atoms with van der Waals surface area (Å²) in [6.45, 7) is 1.65. The molecule has 1 aromatic rings. The predicted octanol–water partition coefficient (Wildman–Crippen LogP) is 0.946. The lowest BCUT2D eigenvalue weighted by atomic mass is 10.0. The van der Waals surface area contributed by atoms with Gasteiger partial charge in [0.25, 0.3) is 5.69 Å². The van der Waals surface area contributed by atoms with Crippen LogP contribution in [0, 0.1) is 17.0 Å². The van der Waals surface area contributed by atoms with Crippen molar-refractivity contribution in [1.29, 1.82) is 0 Å². The van der Waals surface area contributed by atoms with Gasteiger partial charge in [0.2, 0.25) is 0 Å². The maximum absolute atomic E-state index is 11.1. The van der Waals surface area contributed by atoms with Gasteiger partial charge >= 0.3 is 5.97 Å². The highest BCUT2D eigenvalue weighted by atomic mass is 16.6. The first-order chi connectivity index (χ1) is 7.95. The van der Waals surface area contributed by atoms with Crippen LogP contribution in [0.15, 0.2) is 18.2 Å². The summed E-state index contributed by atoms with van der Waals surface area (Å²) in [6.07, 6.45) is 0.216. The maximum Gasteiger partial charge on any atom is 0.322 e. The number of rotatable bonds is 4. The summed E-state index contributed by atoms with van der Waals surface area (Å²) in [5, 5.41) is 10.7. The van der Waals surface area contributed by atoms with Crippen molar-refractivity contribution in [2.75, 3.05) is 7.11 Å². The van der Waals surface area contributed by atoms with Gasteiger partial charge in [-0.25, -0.2) is 0 Å². The monoisotopic (exact) mass is 238 g/mol. The highest BCUT2D eigenvalue weighted by molar-refractivity contribution is 5.75. The van der Waals surface area contributed by atoms with Gasteiger partial charge in [0, 0.05) is 11.6 Å². The SMILES string of the molecule is COC(=O)[C@@H](N)Cc1ccc(C)c([N+](=O)[O-])c1. The van der Waals surface area contributed by atoms with E-state index in [1.54, 1.807) is 19.1 Å². The third-order valence-electron chi connectivity index (χ3n) is 2.43. The second-order valence-corrected chi connectivity index (χ2v) is 3.71. The van der Waals surface area contributed by atoms with Crippen LogP contribution in [0.5, 0.6) is 0 Å². The quantitative estimate of drug-likeness (QED) is 0.478. The van der Waals surface area contributed by atoms with Gasteiger partial charge in [-0.1, -0.05) is 12.1 Å². The zero-order valence-corrected chi connectivity index (χ0v) is 9.67. The molecule has 0 unspecified atom stereocenters. The number of ether oxygens (including phenoxy) is 1. The van der Waals surface area contributed by atoms with E-state index >= 15 is 0 Å². The van der Waals surface area contributed by atoms with Gasteiger partial charge in [0.15, 0.2) is 0 Å². The van der Waals surface area contributed by atoms with Crippen molar-refractivity contribution in [3.63, 3.8) is 0 Å². The van der Waals surface area contributed by atoms with Crippen LogP contribution in [-0.2, 0) is 16.0 Å². The van der Waals surface area contributed by atoms with Crippen LogP contribution in [0.2, 0.25) is 0 Å². The van der Waals surface area contributed by atoms with Gasteiger partial charge in [-0.3, -0.25) is 14.9 Å². The number of nitro groups is 1. The molecule has 0 amide bonds. The summed E-state index contributed by atoms with van der Waals surface area (Å²) in [4.78, 5) is 21.4. The fourth-order valence-electron chi connectivity index (χ4n) is 1.47. The third kappa shape index (κ3) is 3.25. The van der Waals surface area contributed by atoms with Crippen LogP contribution >= 0.6 is 0 Å². The summed E-state index contributed by atoms with van der Waals surface area (Å²) < 4.78 is 4.49. The van der Waals surface area contributed by atoms with E-state index in [0.717, 1.165) is 0 Å². The first-order valence-corrected chi connectivity index (χ1v) is 5.03. The Morgan fingerprint density at radius 2 is 2.24 bits per heavy atom. The number of nitrogens with zero attached hydrogens (tertiary/aromatic N) is 1. The van der Waals surface area contributed by atoms with Crippen molar-refractivity contribution >= 4 is 11.7 Å². The van der Waals surface area contributed by atoms with Crippen LogP contribution in [0.25, 0.3) is 0 Å². The Balaban J connectivity index is 2.90. The van der Waals surface area contributed by atoms with Crippen LogP contribution < -0.4 is 5.73 Å². The number of hydrogen-bond acceptors (Lipinski definition) is 5. The third-order valence-corrected chi connectivity index (χ3v) is 2.43. The first kappa shape index (κ1) is 13.1. The van der Waals surface area contributed by atoms with Gasteiger partial charge < -0.3 is 10.5 Å².